The van der Waals surface area contributed by atoms with Gasteiger partial charge < -0.3 is 27.5 Å². The van der Waals surface area contributed by atoms with Gasteiger partial charge in [-0.2, -0.15) is 0 Å². The van der Waals surface area contributed by atoms with Crippen molar-refractivity contribution in [3.8, 4) is 50.4 Å². The summed E-state index contributed by atoms with van der Waals surface area (Å²) in [5.74, 6) is 0. The predicted octanol–water partition coefficient (Wildman–Crippen LogP) is 28.2. The molecule has 0 saturated heterocycles. The Morgan fingerprint density at radius 3 is 1.23 bits per heavy atom. The molecule has 111 heavy (non-hydrogen) atoms. The Morgan fingerprint density at radius 2 is 0.649 bits per heavy atom. The molecule has 0 aliphatic heterocycles. The SMILES string of the molecule is C[Si](C)(C)c1ccc(-n2c3ccccc3c3cc(-c4ccc5[nH]c6ccccc6c5c4)ccc32)cc1.C[Si](C)(C)c1ccc(-n2c3ccccc3c3cc(-c4cccc5c4sc4ccccc45)ccc32)cc1.c1ccc2c(c1)oc1ccc(-n3c4ccccc4c4cc(-c5cccc6c5oc5ccccc56)ccc43)cc12. The molecule has 23 aromatic rings. The molecular weight excluding hydrogens is 1400 g/mol. The fourth-order valence-electron chi connectivity index (χ4n) is 17.3. The molecular formula is C102H76N4O2SSi2. The van der Waals surface area contributed by atoms with Crippen molar-refractivity contribution < 1.29 is 8.83 Å². The number of benzene rings is 16. The van der Waals surface area contributed by atoms with Crippen molar-refractivity contribution in [2.45, 2.75) is 39.3 Å². The van der Waals surface area contributed by atoms with E-state index in [1.807, 2.05) is 35.6 Å². The van der Waals surface area contributed by atoms with Gasteiger partial charge in [-0.15, -0.1) is 11.3 Å². The maximum Gasteiger partial charge on any atom is 0.143 e. The van der Waals surface area contributed by atoms with Crippen LogP contribution in [0.25, 0.3) is 202 Å². The molecule has 0 unspecified atom stereocenters. The number of thiophene rings is 1. The van der Waals surface area contributed by atoms with E-state index in [0.29, 0.717) is 0 Å². The summed E-state index contributed by atoms with van der Waals surface area (Å²) in [7, 11) is -2.67. The number of para-hydroxylation sites is 7. The summed E-state index contributed by atoms with van der Waals surface area (Å²) >= 11 is 1.90. The minimum atomic E-state index is -1.34. The normalized spacial score (nSPS) is 12.2. The highest BCUT2D eigenvalue weighted by atomic mass is 32.1. The molecule has 0 saturated carbocycles. The molecule has 0 aliphatic carbocycles. The smallest absolute Gasteiger partial charge is 0.143 e. The van der Waals surface area contributed by atoms with Crippen LogP contribution in [0.1, 0.15) is 0 Å². The summed E-state index contributed by atoms with van der Waals surface area (Å²) in [4.78, 5) is 3.54. The lowest BCUT2D eigenvalue weighted by molar-refractivity contribution is 0.669. The molecule has 0 spiro atoms. The first-order chi connectivity index (χ1) is 54.3. The number of aromatic nitrogens is 4. The van der Waals surface area contributed by atoms with Gasteiger partial charge in [0.2, 0.25) is 0 Å². The number of furan rings is 2. The summed E-state index contributed by atoms with van der Waals surface area (Å²) in [6, 6.07) is 126. The Hall–Kier alpha value is -13.0. The Morgan fingerprint density at radius 1 is 0.252 bits per heavy atom. The van der Waals surface area contributed by atoms with Crippen LogP contribution in [0.15, 0.2) is 355 Å². The highest BCUT2D eigenvalue weighted by molar-refractivity contribution is 7.26. The molecule has 9 heteroatoms. The second-order valence-electron chi connectivity index (χ2n) is 31.6. The van der Waals surface area contributed by atoms with Gasteiger partial charge in [-0.05, 0) is 161 Å². The average molecular weight is 1480 g/mol. The Bertz CT molecular complexity index is 7660. The van der Waals surface area contributed by atoms with E-state index in [2.05, 4.69) is 379 Å². The first-order valence-electron chi connectivity index (χ1n) is 38.3. The first kappa shape index (κ1) is 66.2. The molecule has 0 radical (unpaired) electrons. The van der Waals surface area contributed by atoms with E-state index < -0.39 is 16.1 Å². The molecule has 6 nitrogen and oxygen atoms in total. The predicted molar refractivity (Wildman–Crippen MR) is 481 cm³/mol. The van der Waals surface area contributed by atoms with Gasteiger partial charge in [-0.1, -0.05) is 262 Å². The van der Waals surface area contributed by atoms with Crippen molar-refractivity contribution in [3.05, 3.63) is 346 Å². The van der Waals surface area contributed by atoms with Crippen LogP contribution >= 0.6 is 11.3 Å². The Kier molecular flexibility index (Phi) is 15.4. The van der Waals surface area contributed by atoms with Crippen LogP contribution in [0, 0.1) is 0 Å². The number of nitrogens with zero attached hydrogens (tertiary/aromatic N) is 3. The highest BCUT2D eigenvalue weighted by Crippen LogP contribution is 2.45. The van der Waals surface area contributed by atoms with Gasteiger partial charge >= 0.3 is 0 Å². The number of H-pyrrole nitrogens is 1. The second-order valence-corrected chi connectivity index (χ2v) is 42.8. The Balaban J connectivity index is 0.000000106. The highest BCUT2D eigenvalue weighted by Gasteiger charge is 2.23. The van der Waals surface area contributed by atoms with E-state index in [0.717, 1.165) is 60.7 Å². The van der Waals surface area contributed by atoms with E-state index in [-0.39, 0.29) is 0 Å². The number of aromatic amines is 1. The van der Waals surface area contributed by atoms with E-state index in [4.69, 9.17) is 8.83 Å². The summed E-state index contributed by atoms with van der Waals surface area (Å²) in [5, 5.41) is 20.4. The number of hydrogen-bond donors (Lipinski definition) is 1. The maximum absolute atomic E-state index is 6.37. The van der Waals surface area contributed by atoms with Gasteiger partial charge in [0.15, 0.2) is 0 Å². The van der Waals surface area contributed by atoms with Crippen LogP contribution in [0.4, 0.5) is 0 Å². The van der Waals surface area contributed by atoms with E-state index in [9.17, 15) is 0 Å². The van der Waals surface area contributed by atoms with E-state index in [1.54, 1.807) is 0 Å². The van der Waals surface area contributed by atoms with Crippen LogP contribution in [-0.4, -0.2) is 34.8 Å². The molecule has 0 amide bonds. The molecule has 23 rings (SSSR count). The molecule has 16 aromatic carbocycles. The quantitative estimate of drug-likeness (QED) is 0.154. The van der Waals surface area contributed by atoms with Crippen LogP contribution < -0.4 is 10.4 Å². The van der Waals surface area contributed by atoms with Gasteiger partial charge in [0.05, 0.1) is 49.2 Å². The third kappa shape index (κ3) is 11.1. The second kappa shape index (κ2) is 25.8. The molecule has 0 aliphatic rings. The molecule has 7 heterocycles. The van der Waals surface area contributed by atoms with Gasteiger partial charge in [0.25, 0.3) is 0 Å². The number of nitrogens with one attached hydrogen (secondary N) is 1. The van der Waals surface area contributed by atoms with Crippen molar-refractivity contribution in [3.63, 3.8) is 0 Å². The number of fused-ring (bicyclic) bond motifs is 21. The summed E-state index contributed by atoms with van der Waals surface area (Å²) in [6.45, 7) is 14.4. The van der Waals surface area contributed by atoms with Crippen LogP contribution in [0.5, 0.6) is 0 Å². The minimum Gasteiger partial charge on any atom is -0.456 e. The van der Waals surface area contributed by atoms with Crippen molar-refractivity contribution >= 4 is 189 Å². The largest absolute Gasteiger partial charge is 0.456 e. The fourth-order valence-corrected chi connectivity index (χ4v) is 20.9. The third-order valence-electron chi connectivity index (χ3n) is 22.9. The van der Waals surface area contributed by atoms with Crippen molar-refractivity contribution in [1.82, 2.24) is 18.7 Å². The van der Waals surface area contributed by atoms with Crippen molar-refractivity contribution in [2.75, 3.05) is 0 Å². The lowest BCUT2D eigenvalue weighted by Crippen LogP contribution is -2.37. The molecule has 0 bridgehead atoms. The van der Waals surface area contributed by atoms with Crippen LogP contribution in [-0.2, 0) is 0 Å². The molecule has 1 N–H and O–H groups in total. The number of rotatable bonds is 8. The lowest BCUT2D eigenvalue weighted by Gasteiger charge is -2.17. The van der Waals surface area contributed by atoms with Gasteiger partial charge in [0.1, 0.15) is 22.3 Å². The third-order valence-corrected chi connectivity index (χ3v) is 28.2. The molecule has 530 valence electrons. The fraction of sp³-hybridized carbons (Fsp3) is 0.0588. The van der Waals surface area contributed by atoms with Crippen molar-refractivity contribution in [1.29, 1.82) is 0 Å². The zero-order chi connectivity index (χ0) is 74.4. The van der Waals surface area contributed by atoms with Gasteiger partial charge in [0, 0.05) is 118 Å². The Labute approximate surface area is 647 Å². The van der Waals surface area contributed by atoms with Crippen molar-refractivity contribution in [2.24, 2.45) is 0 Å². The summed E-state index contributed by atoms with van der Waals surface area (Å²) in [6.07, 6.45) is 0. The molecule has 0 atom stereocenters. The van der Waals surface area contributed by atoms with Gasteiger partial charge in [-0.3, -0.25) is 0 Å². The average Bonchev–Trinajstić information content (AvgIpc) is 1.59. The standard InChI is InChI=1S/C36H21NO2.C33H28N2Si.C33H27NSSi/c1-4-13-31-25(8-1)29-20-22(24-11-7-12-28-26-9-2-6-15-34(26)39-36(24)28)16-18-32(29)37(31)23-17-19-35-30(21-23)27-10-3-5-14-33(27)38-35;1-36(2,3)25-16-14-24(15-17-25)35-32-11-7-5-9-27(32)29-21-23(13-19-33(29)35)22-12-18-31-28(20-22)26-8-4-6-10-30(26)34-31;1-36(2,3)24-18-16-23(17-19-24)34-30-13-6-4-9-26(30)29-21-22(15-20-31(29)34)25-11-8-12-28-27-10-5-7-14-32(27)35-33(25)28/h1-21H;4-21,34H,1-3H3;4-21H,1-3H3. The number of hydrogen-bond acceptors (Lipinski definition) is 3. The minimum absolute atomic E-state index is 0.905. The van der Waals surface area contributed by atoms with E-state index in [1.165, 1.54) is 151 Å². The lowest BCUT2D eigenvalue weighted by atomic mass is 10.0. The first-order valence-corrected chi connectivity index (χ1v) is 46.2. The van der Waals surface area contributed by atoms with Crippen LogP contribution in [0.2, 0.25) is 39.3 Å². The topological polar surface area (TPSA) is 56.9 Å². The monoisotopic (exact) mass is 1480 g/mol. The maximum atomic E-state index is 6.37. The zero-order valence-corrected chi connectivity index (χ0v) is 65.3. The molecule has 7 aromatic heterocycles. The zero-order valence-electron chi connectivity index (χ0n) is 62.5. The summed E-state index contributed by atoms with van der Waals surface area (Å²) in [5.41, 5.74) is 24.3. The van der Waals surface area contributed by atoms with E-state index >= 15 is 0 Å². The summed E-state index contributed by atoms with van der Waals surface area (Å²) < 4.78 is 22.4. The van der Waals surface area contributed by atoms with Crippen LogP contribution in [0.3, 0.4) is 0 Å². The molecule has 0 fully saturated rings. The van der Waals surface area contributed by atoms with Gasteiger partial charge in [-0.25, -0.2) is 0 Å².